The van der Waals surface area contributed by atoms with E-state index in [0.29, 0.717) is 11.4 Å². The number of sulfonamides is 1. The number of aromatic nitrogens is 2. The minimum absolute atomic E-state index is 0.100. The minimum atomic E-state index is -3.49. The Kier molecular flexibility index (Phi) is 4.27. The third kappa shape index (κ3) is 3.34. The van der Waals surface area contributed by atoms with Gasteiger partial charge in [-0.15, -0.1) is 0 Å². The van der Waals surface area contributed by atoms with Crippen molar-refractivity contribution in [2.45, 2.75) is 44.6 Å². The van der Waals surface area contributed by atoms with Gasteiger partial charge in [0.05, 0.1) is 11.4 Å². The van der Waals surface area contributed by atoms with Gasteiger partial charge in [-0.1, -0.05) is 0 Å². The normalized spacial score (nSPS) is 18.9. The van der Waals surface area contributed by atoms with Gasteiger partial charge in [-0.3, -0.25) is 5.10 Å². The van der Waals surface area contributed by atoms with Gasteiger partial charge in [0, 0.05) is 12.6 Å². The Labute approximate surface area is 114 Å². The lowest BCUT2D eigenvalue weighted by Crippen LogP contribution is -2.41. The fourth-order valence-electron chi connectivity index (χ4n) is 2.65. The largest absolute Gasteiger partial charge is 0.302 e. The Morgan fingerprint density at radius 3 is 2.53 bits per heavy atom. The van der Waals surface area contributed by atoms with E-state index in [1.165, 1.54) is 12.8 Å². The predicted molar refractivity (Wildman–Crippen MR) is 73.5 cm³/mol. The highest BCUT2D eigenvalue weighted by Crippen LogP contribution is 2.17. The standard InChI is InChI=1S/C12H22N4O2S/c1-9(8-16-6-4-5-7-16)15-19(17,18)12-10(2)13-14-11(12)3/h9,15H,4-8H2,1-3H3,(H,13,14). The van der Waals surface area contributed by atoms with Crippen LogP contribution in [0.2, 0.25) is 0 Å². The van der Waals surface area contributed by atoms with Crippen LogP contribution in [0.4, 0.5) is 0 Å². The molecule has 0 saturated carbocycles. The van der Waals surface area contributed by atoms with Gasteiger partial charge >= 0.3 is 0 Å². The molecule has 0 spiro atoms. The van der Waals surface area contributed by atoms with Crippen molar-refractivity contribution in [1.29, 1.82) is 0 Å². The van der Waals surface area contributed by atoms with Crippen LogP contribution in [0, 0.1) is 13.8 Å². The number of hydrogen-bond donors (Lipinski definition) is 2. The van der Waals surface area contributed by atoms with Crippen molar-refractivity contribution in [2.75, 3.05) is 19.6 Å². The summed E-state index contributed by atoms with van der Waals surface area (Å²) in [5.74, 6) is 0. The molecule has 0 amide bonds. The van der Waals surface area contributed by atoms with Crippen molar-refractivity contribution < 1.29 is 8.42 Å². The molecule has 2 N–H and O–H groups in total. The molecule has 1 aliphatic rings. The van der Waals surface area contributed by atoms with Crippen LogP contribution in [-0.4, -0.2) is 49.2 Å². The van der Waals surface area contributed by atoms with E-state index in [4.69, 9.17) is 0 Å². The fraction of sp³-hybridized carbons (Fsp3) is 0.750. The van der Waals surface area contributed by atoms with E-state index in [2.05, 4.69) is 19.8 Å². The van der Waals surface area contributed by atoms with Crippen molar-refractivity contribution in [3.8, 4) is 0 Å². The summed E-state index contributed by atoms with van der Waals surface area (Å²) in [6, 6.07) is -0.100. The first kappa shape index (κ1) is 14.5. The molecule has 0 aliphatic carbocycles. The zero-order chi connectivity index (χ0) is 14.0. The number of nitrogens with zero attached hydrogens (tertiary/aromatic N) is 2. The highest BCUT2D eigenvalue weighted by Gasteiger charge is 2.25. The van der Waals surface area contributed by atoms with Gasteiger partial charge in [-0.05, 0) is 46.7 Å². The Morgan fingerprint density at radius 1 is 1.37 bits per heavy atom. The van der Waals surface area contributed by atoms with Gasteiger partial charge in [0.1, 0.15) is 4.90 Å². The number of rotatable bonds is 5. The van der Waals surface area contributed by atoms with Crippen LogP contribution >= 0.6 is 0 Å². The first-order valence-corrected chi connectivity index (χ1v) is 8.14. The number of hydrogen-bond acceptors (Lipinski definition) is 4. The summed E-state index contributed by atoms with van der Waals surface area (Å²) in [5, 5.41) is 6.65. The van der Waals surface area contributed by atoms with E-state index < -0.39 is 10.0 Å². The summed E-state index contributed by atoms with van der Waals surface area (Å²) in [4.78, 5) is 2.57. The van der Waals surface area contributed by atoms with E-state index in [1.807, 2.05) is 6.92 Å². The number of aromatic amines is 1. The number of likely N-dealkylation sites (tertiary alicyclic amines) is 1. The Hall–Kier alpha value is -0.920. The minimum Gasteiger partial charge on any atom is -0.302 e. The Morgan fingerprint density at radius 2 is 2.00 bits per heavy atom. The molecule has 0 aromatic carbocycles. The lowest BCUT2D eigenvalue weighted by molar-refractivity contribution is 0.312. The number of aryl methyl sites for hydroxylation is 2. The lowest BCUT2D eigenvalue weighted by Gasteiger charge is -2.21. The van der Waals surface area contributed by atoms with E-state index >= 15 is 0 Å². The fourth-order valence-corrected chi connectivity index (χ4v) is 4.26. The van der Waals surface area contributed by atoms with Crippen molar-refractivity contribution in [3.05, 3.63) is 11.4 Å². The van der Waals surface area contributed by atoms with Crippen LogP contribution in [0.25, 0.3) is 0 Å². The van der Waals surface area contributed by atoms with Gasteiger partial charge in [0.15, 0.2) is 0 Å². The molecule has 19 heavy (non-hydrogen) atoms. The summed E-state index contributed by atoms with van der Waals surface area (Å²) in [6.07, 6.45) is 2.42. The molecule has 108 valence electrons. The third-order valence-corrected chi connectivity index (χ3v) is 5.27. The van der Waals surface area contributed by atoms with Gasteiger partial charge in [-0.2, -0.15) is 5.10 Å². The van der Waals surface area contributed by atoms with Gasteiger partial charge in [0.25, 0.3) is 0 Å². The molecule has 1 aliphatic heterocycles. The molecule has 0 bridgehead atoms. The quantitative estimate of drug-likeness (QED) is 0.839. The van der Waals surface area contributed by atoms with Crippen LogP contribution in [0.5, 0.6) is 0 Å². The molecule has 2 heterocycles. The van der Waals surface area contributed by atoms with E-state index in [1.54, 1.807) is 13.8 Å². The molecule has 1 unspecified atom stereocenters. The van der Waals surface area contributed by atoms with Crippen LogP contribution in [0.15, 0.2) is 4.90 Å². The molecule has 6 nitrogen and oxygen atoms in total. The van der Waals surface area contributed by atoms with E-state index in [9.17, 15) is 8.42 Å². The van der Waals surface area contributed by atoms with E-state index in [-0.39, 0.29) is 10.9 Å². The van der Waals surface area contributed by atoms with Gasteiger partial charge in [-0.25, -0.2) is 13.1 Å². The van der Waals surface area contributed by atoms with Crippen molar-refractivity contribution >= 4 is 10.0 Å². The molecule has 1 saturated heterocycles. The Bertz CT molecular complexity index is 512. The molecule has 2 rings (SSSR count). The lowest BCUT2D eigenvalue weighted by atomic mass is 10.3. The zero-order valence-electron chi connectivity index (χ0n) is 11.7. The maximum Gasteiger partial charge on any atom is 0.244 e. The summed E-state index contributed by atoms with van der Waals surface area (Å²) in [6.45, 7) is 8.21. The molecule has 7 heteroatoms. The number of H-pyrrole nitrogens is 1. The second kappa shape index (κ2) is 5.60. The molecule has 1 atom stereocenters. The van der Waals surface area contributed by atoms with E-state index in [0.717, 1.165) is 19.6 Å². The first-order chi connectivity index (χ1) is 8.90. The highest BCUT2D eigenvalue weighted by molar-refractivity contribution is 7.89. The van der Waals surface area contributed by atoms with Gasteiger partial charge in [0.2, 0.25) is 10.0 Å². The maximum absolute atomic E-state index is 12.3. The summed E-state index contributed by atoms with van der Waals surface area (Å²) < 4.78 is 27.4. The maximum atomic E-state index is 12.3. The van der Waals surface area contributed by atoms with Crippen LogP contribution < -0.4 is 4.72 Å². The summed E-state index contributed by atoms with van der Waals surface area (Å²) >= 11 is 0. The summed E-state index contributed by atoms with van der Waals surface area (Å²) in [7, 11) is -3.49. The molecular formula is C12H22N4O2S. The smallest absolute Gasteiger partial charge is 0.244 e. The predicted octanol–water partition coefficient (Wildman–Crippen LogP) is 0.789. The molecule has 1 aromatic rings. The number of nitrogens with one attached hydrogen (secondary N) is 2. The monoisotopic (exact) mass is 286 g/mol. The van der Waals surface area contributed by atoms with Crippen molar-refractivity contribution in [1.82, 2.24) is 19.8 Å². The average Bonchev–Trinajstić information content (AvgIpc) is 2.88. The van der Waals surface area contributed by atoms with Gasteiger partial charge < -0.3 is 4.90 Å². The summed E-state index contributed by atoms with van der Waals surface area (Å²) in [5.41, 5.74) is 1.09. The zero-order valence-corrected chi connectivity index (χ0v) is 12.5. The van der Waals surface area contributed by atoms with Crippen LogP contribution in [0.3, 0.4) is 0 Å². The molecular weight excluding hydrogens is 264 g/mol. The first-order valence-electron chi connectivity index (χ1n) is 6.66. The molecule has 1 aromatic heterocycles. The van der Waals surface area contributed by atoms with Crippen molar-refractivity contribution in [3.63, 3.8) is 0 Å². The van der Waals surface area contributed by atoms with Crippen molar-refractivity contribution in [2.24, 2.45) is 0 Å². The molecule has 1 fully saturated rings. The highest BCUT2D eigenvalue weighted by atomic mass is 32.2. The second-order valence-electron chi connectivity index (χ2n) is 5.29. The molecule has 0 radical (unpaired) electrons. The SMILES string of the molecule is Cc1n[nH]c(C)c1S(=O)(=O)NC(C)CN1CCCC1. The topological polar surface area (TPSA) is 78.1 Å². The second-order valence-corrected chi connectivity index (χ2v) is 6.94. The van der Waals surface area contributed by atoms with Crippen LogP contribution in [-0.2, 0) is 10.0 Å². The average molecular weight is 286 g/mol. The van der Waals surface area contributed by atoms with Crippen LogP contribution in [0.1, 0.15) is 31.2 Å². The Balaban J connectivity index is 2.04. The third-order valence-electron chi connectivity index (χ3n) is 3.42.